The van der Waals surface area contributed by atoms with E-state index in [0.717, 1.165) is 61.6 Å². The SMILES string of the molecule is Cc1cccc(NC(=O)CN2CCN(C3C4CC5CC(C4)CC3C5)CC2)c1C. The minimum atomic E-state index is 0.122. The van der Waals surface area contributed by atoms with Gasteiger partial charge in [-0.1, -0.05) is 12.1 Å². The van der Waals surface area contributed by atoms with Crippen LogP contribution in [0.2, 0.25) is 0 Å². The molecule has 0 aromatic heterocycles. The van der Waals surface area contributed by atoms with Gasteiger partial charge in [0, 0.05) is 37.9 Å². The number of benzene rings is 1. The van der Waals surface area contributed by atoms with E-state index in [4.69, 9.17) is 0 Å². The van der Waals surface area contributed by atoms with Gasteiger partial charge in [0.2, 0.25) is 5.91 Å². The summed E-state index contributed by atoms with van der Waals surface area (Å²) in [5, 5.41) is 3.12. The van der Waals surface area contributed by atoms with Crippen molar-refractivity contribution in [2.24, 2.45) is 23.7 Å². The van der Waals surface area contributed by atoms with Crippen LogP contribution in [0.15, 0.2) is 18.2 Å². The summed E-state index contributed by atoms with van der Waals surface area (Å²) in [4.78, 5) is 17.7. The Labute approximate surface area is 169 Å². The zero-order chi connectivity index (χ0) is 19.3. The minimum Gasteiger partial charge on any atom is -0.325 e. The predicted octanol–water partition coefficient (Wildman–Crippen LogP) is 3.68. The van der Waals surface area contributed by atoms with Crippen LogP contribution in [0.1, 0.15) is 43.2 Å². The fraction of sp³-hybridized carbons (Fsp3) is 0.708. The molecule has 0 atom stereocenters. The number of amides is 1. The number of hydrogen-bond acceptors (Lipinski definition) is 3. The van der Waals surface area contributed by atoms with E-state index in [9.17, 15) is 4.79 Å². The normalized spacial score (nSPS) is 35.3. The first-order valence-electron chi connectivity index (χ1n) is 11.4. The molecule has 6 rings (SSSR count). The fourth-order valence-electron chi connectivity index (χ4n) is 6.99. The van der Waals surface area contributed by atoms with E-state index < -0.39 is 0 Å². The molecule has 1 N–H and O–H groups in total. The monoisotopic (exact) mass is 381 g/mol. The molecule has 0 spiro atoms. The summed E-state index contributed by atoms with van der Waals surface area (Å²) in [6, 6.07) is 6.96. The molecule has 28 heavy (non-hydrogen) atoms. The Morgan fingerprint density at radius 1 is 0.964 bits per heavy atom. The van der Waals surface area contributed by atoms with Crippen LogP contribution in [-0.2, 0) is 4.79 Å². The molecule has 152 valence electrons. The molecule has 5 aliphatic rings. The summed E-state index contributed by atoms with van der Waals surface area (Å²) >= 11 is 0. The zero-order valence-corrected chi connectivity index (χ0v) is 17.5. The van der Waals surface area contributed by atoms with E-state index in [2.05, 4.69) is 35.0 Å². The lowest BCUT2D eigenvalue weighted by atomic mass is 9.54. The summed E-state index contributed by atoms with van der Waals surface area (Å²) in [6.45, 7) is 9.03. The molecule has 1 aromatic rings. The smallest absolute Gasteiger partial charge is 0.238 e. The van der Waals surface area contributed by atoms with Crippen LogP contribution in [-0.4, -0.2) is 54.5 Å². The minimum absolute atomic E-state index is 0.122. The van der Waals surface area contributed by atoms with Gasteiger partial charge < -0.3 is 5.32 Å². The van der Waals surface area contributed by atoms with Crippen molar-refractivity contribution in [3.63, 3.8) is 0 Å². The van der Waals surface area contributed by atoms with Crippen molar-refractivity contribution in [3.8, 4) is 0 Å². The van der Waals surface area contributed by atoms with Gasteiger partial charge >= 0.3 is 0 Å². The van der Waals surface area contributed by atoms with Crippen molar-refractivity contribution in [1.29, 1.82) is 0 Å². The number of nitrogens with zero attached hydrogens (tertiary/aromatic N) is 2. The zero-order valence-electron chi connectivity index (χ0n) is 17.5. The lowest BCUT2D eigenvalue weighted by molar-refractivity contribution is -0.118. The molecule has 4 saturated carbocycles. The third-order valence-corrected chi connectivity index (χ3v) is 8.25. The molecule has 1 aliphatic heterocycles. The van der Waals surface area contributed by atoms with Crippen molar-refractivity contribution < 1.29 is 4.79 Å². The standard InChI is InChI=1S/C24H35N3O/c1-16-4-3-5-22(17(16)2)25-23(28)15-26-6-8-27(9-7-26)24-20-11-18-10-19(13-20)14-21(24)12-18/h3-5,18-21,24H,6-15H2,1-2H3,(H,25,28). The lowest BCUT2D eigenvalue weighted by Gasteiger charge is -2.58. The first kappa shape index (κ1) is 18.6. The van der Waals surface area contributed by atoms with E-state index in [1.54, 1.807) is 0 Å². The summed E-state index contributed by atoms with van der Waals surface area (Å²) in [5.74, 6) is 4.16. The van der Waals surface area contributed by atoms with E-state index >= 15 is 0 Å². The quantitative estimate of drug-likeness (QED) is 0.864. The Morgan fingerprint density at radius 3 is 2.25 bits per heavy atom. The van der Waals surface area contributed by atoms with Crippen LogP contribution in [0.25, 0.3) is 0 Å². The molecule has 0 radical (unpaired) electrons. The van der Waals surface area contributed by atoms with Gasteiger partial charge in [0.1, 0.15) is 0 Å². The van der Waals surface area contributed by atoms with Gasteiger partial charge in [-0.15, -0.1) is 0 Å². The van der Waals surface area contributed by atoms with Crippen LogP contribution in [0.4, 0.5) is 5.69 Å². The molecule has 1 aromatic carbocycles. The van der Waals surface area contributed by atoms with Crippen molar-refractivity contribution >= 4 is 11.6 Å². The largest absolute Gasteiger partial charge is 0.325 e. The second-order valence-corrected chi connectivity index (χ2v) is 10.0. The number of rotatable bonds is 4. The van der Waals surface area contributed by atoms with Crippen molar-refractivity contribution in [3.05, 3.63) is 29.3 Å². The number of anilines is 1. The first-order valence-corrected chi connectivity index (χ1v) is 11.4. The highest BCUT2D eigenvalue weighted by molar-refractivity contribution is 5.93. The van der Waals surface area contributed by atoms with Crippen LogP contribution < -0.4 is 5.32 Å². The first-order chi connectivity index (χ1) is 13.6. The van der Waals surface area contributed by atoms with E-state index in [1.165, 1.54) is 43.2 Å². The van der Waals surface area contributed by atoms with Crippen molar-refractivity contribution in [2.75, 3.05) is 38.0 Å². The average molecular weight is 382 g/mol. The summed E-state index contributed by atoms with van der Waals surface area (Å²) < 4.78 is 0. The van der Waals surface area contributed by atoms with E-state index in [0.29, 0.717) is 6.54 Å². The van der Waals surface area contributed by atoms with Gasteiger partial charge in [-0.2, -0.15) is 0 Å². The molecular formula is C24H35N3O. The van der Waals surface area contributed by atoms with E-state index in [-0.39, 0.29) is 5.91 Å². The third-order valence-electron chi connectivity index (χ3n) is 8.25. The van der Waals surface area contributed by atoms with Gasteiger partial charge in [-0.25, -0.2) is 0 Å². The number of piperazine rings is 1. The second-order valence-electron chi connectivity index (χ2n) is 10.0. The maximum atomic E-state index is 12.6. The average Bonchev–Trinajstić information content (AvgIpc) is 2.66. The van der Waals surface area contributed by atoms with Crippen molar-refractivity contribution in [1.82, 2.24) is 9.80 Å². The van der Waals surface area contributed by atoms with Crippen LogP contribution in [0.5, 0.6) is 0 Å². The molecule has 1 amide bonds. The Hall–Kier alpha value is -1.39. The Balaban J connectivity index is 1.13. The van der Waals surface area contributed by atoms with Gasteiger partial charge in [0.25, 0.3) is 0 Å². The number of carbonyl (C=O) groups excluding carboxylic acids is 1. The molecule has 1 heterocycles. The molecule has 1 saturated heterocycles. The molecule has 4 nitrogen and oxygen atoms in total. The van der Waals surface area contributed by atoms with Crippen LogP contribution in [0, 0.1) is 37.5 Å². The number of hydrogen-bond donors (Lipinski definition) is 1. The number of aryl methyl sites for hydroxylation is 1. The molecule has 4 aliphatic carbocycles. The maximum absolute atomic E-state index is 12.6. The number of nitrogens with one attached hydrogen (secondary N) is 1. The summed E-state index contributed by atoms with van der Waals surface area (Å²) in [5.41, 5.74) is 3.35. The Morgan fingerprint density at radius 2 is 1.61 bits per heavy atom. The Bertz CT molecular complexity index is 709. The summed E-state index contributed by atoms with van der Waals surface area (Å²) in [7, 11) is 0. The van der Waals surface area contributed by atoms with Gasteiger partial charge in [0.15, 0.2) is 0 Å². The summed E-state index contributed by atoms with van der Waals surface area (Å²) in [6.07, 6.45) is 7.52. The maximum Gasteiger partial charge on any atom is 0.238 e. The van der Waals surface area contributed by atoms with Crippen LogP contribution in [0.3, 0.4) is 0 Å². The second kappa shape index (κ2) is 7.46. The fourth-order valence-corrected chi connectivity index (χ4v) is 6.99. The van der Waals surface area contributed by atoms with Crippen LogP contribution >= 0.6 is 0 Å². The van der Waals surface area contributed by atoms with Crippen molar-refractivity contribution in [2.45, 2.75) is 52.0 Å². The molecule has 0 unspecified atom stereocenters. The topological polar surface area (TPSA) is 35.6 Å². The highest BCUT2D eigenvalue weighted by atomic mass is 16.2. The molecular weight excluding hydrogens is 346 g/mol. The van der Waals surface area contributed by atoms with Gasteiger partial charge in [-0.3, -0.25) is 14.6 Å². The third kappa shape index (κ3) is 3.50. The highest BCUT2D eigenvalue weighted by Gasteiger charge is 2.50. The number of carbonyl (C=O) groups is 1. The highest BCUT2D eigenvalue weighted by Crippen LogP contribution is 2.55. The lowest BCUT2D eigenvalue weighted by Crippen LogP contribution is -2.60. The van der Waals surface area contributed by atoms with Gasteiger partial charge in [0.05, 0.1) is 6.54 Å². The van der Waals surface area contributed by atoms with Gasteiger partial charge in [-0.05, 0) is 86.8 Å². The molecule has 4 bridgehead atoms. The van der Waals surface area contributed by atoms with E-state index in [1.807, 2.05) is 12.1 Å². The molecule has 4 heteroatoms. The predicted molar refractivity (Wildman–Crippen MR) is 113 cm³/mol. The Kier molecular flexibility index (Phi) is 4.96. The molecule has 5 fully saturated rings.